The number of aryl methyl sites for hydroxylation is 1. The second-order valence-electron chi connectivity index (χ2n) is 2.57. The van der Waals surface area contributed by atoms with Gasteiger partial charge in [0, 0.05) is 11.8 Å². The van der Waals surface area contributed by atoms with E-state index in [9.17, 15) is 4.79 Å². The number of carbonyl (C=O) groups is 1. The summed E-state index contributed by atoms with van der Waals surface area (Å²) >= 11 is 1.52. The molecule has 0 aliphatic rings. The molecule has 0 fully saturated rings. The Morgan fingerprint density at radius 3 is 2.92 bits per heavy atom. The number of nitrogens with two attached hydrogens (primary N) is 2. The number of nitrogens with zero attached hydrogens (tertiary/aromatic N) is 1. The van der Waals surface area contributed by atoms with Crippen LogP contribution in [0.15, 0.2) is 5.38 Å². The zero-order valence-corrected chi connectivity index (χ0v) is 7.60. The van der Waals surface area contributed by atoms with Crippen molar-refractivity contribution in [3.63, 3.8) is 0 Å². The highest BCUT2D eigenvalue weighted by Gasteiger charge is 2.11. The zero-order valence-electron chi connectivity index (χ0n) is 6.78. The Hall–Kier alpha value is -0.940. The molecule has 0 bridgehead atoms. The van der Waals surface area contributed by atoms with Gasteiger partial charge in [-0.15, -0.1) is 11.3 Å². The van der Waals surface area contributed by atoms with Gasteiger partial charge in [-0.05, 0) is 6.92 Å². The lowest BCUT2D eigenvalue weighted by atomic mass is 10.2. The summed E-state index contributed by atoms with van der Waals surface area (Å²) in [6.45, 7) is 1.89. The number of aromatic nitrogens is 1. The maximum atomic E-state index is 10.5. The van der Waals surface area contributed by atoms with Crippen LogP contribution in [0, 0.1) is 6.92 Å². The topological polar surface area (TPSA) is 82.0 Å². The normalized spacial score (nSPS) is 12.8. The molecule has 1 atom stereocenters. The number of amides is 1. The van der Waals surface area contributed by atoms with E-state index in [0.717, 1.165) is 10.7 Å². The van der Waals surface area contributed by atoms with Crippen molar-refractivity contribution < 1.29 is 4.79 Å². The monoisotopic (exact) mass is 185 g/mol. The fraction of sp³-hybridized carbons (Fsp3) is 0.429. The molecule has 1 aromatic heterocycles. The van der Waals surface area contributed by atoms with Crippen LogP contribution < -0.4 is 11.5 Å². The van der Waals surface area contributed by atoms with E-state index in [0.29, 0.717) is 0 Å². The van der Waals surface area contributed by atoms with Crippen molar-refractivity contribution in [1.29, 1.82) is 0 Å². The van der Waals surface area contributed by atoms with Gasteiger partial charge in [-0.3, -0.25) is 4.79 Å². The van der Waals surface area contributed by atoms with Gasteiger partial charge < -0.3 is 11.5 Å². The van der Waals surface area contributed by atoms with Gasteiger partial charge >= 0.3 is 0 Å². The predicted molar refractivity (Wildman–Crippen MR) is 47.6 cm³/mol. The van der Waals surface area contributed by atoms with Gasteiger partial charge in [0.25, 0.3) is 0 Å². The molecular formula is C7H11N3OS. The molecule has 1 heterocycles. The molecule has 0 aromatic carbocycles. The molecule has 0 aliphatic heterocycles. The minimum atomic E-state index is -0.395. The number of carbonyl (C=O) groups excluding carboxylic acids is 1. The van der Waals surface area contributed by atoms with Gasteiger partial charge in [-0.1, -0.05) is 0 Å². The number of rotatable bonds is 3. The molecule has 12 heavy (non-hydrogen) atoms. The first-order valence-electron chi connectivity index (χ1n) is 3.55. The van der Waals surface area contributed by atoms with Gasteiger partial charge in [0.15, 0.2) is 0 Å². The van der Waals surface area contributed by atoms with Crippen molar-refractivity contribution in [3.8, 4) is 0 Å². The highest BCUT2D eigenvalue weighted by Crippen LogP contribution is 2.16. The number of hydrogen-bond donors (Lipinski definition) is 2. The quantitative estimate of drug-likeness (QED) is 0.711. The number of primary amides is 1. The van der Waals surface area contributed by atoms with E-state index in [2.05, 4.69) is 4.98 Å². The number of hydrogen-bond acceptors (Lipinski definition) is 4. The largest absolute Gasteiger partial charge is 0.370 e. The first kappa shape index (κ1) is 9.15. The lowest BCUT2D eigenvalue weighted by Crippen LogP contribution is -2.20. The predicted octanol–water partition coefficient (Wildman–Crippen LogP) is 0.327. The van der Waals surface area contributed by atoms with Crippen LogP contribution in [-0.2, 0) is 4.79 Å². The van der Waals surface area contributed by atoms with Crippen molar-refractivity contribution in [2.45, 2.75) is 19.4 Å². The van der Waals surface area contributed by atoms with E-state index in [-0.39, 0.29) is 12.5 Å². The van der Waals surface area contributed by atoms with E-state index in [4.69, 9.17) is 11.5 Å². The standard InChI is InChI=1S/C7H11N3OS/c1-4-10-6(3-12-4)5(8)2-7(9)11/h3,5H,2,8H2,1H3,(H2,9,11)/t5-/m0/s1. The molecule has 0 unspecified atom stereocenters. The van der Waals surface area contributed by atoms with Crippen LogP contribution in [0.5, 0.6) is 0 Å². The molecule has 0 aliphatic carbocycles. The maximum absolute atomic E-state index is 10.5. The molecule has 66 valence electrons. The SMILES string of the molecule is Cc1nc([C@@H](N)CC(N)=O)cs1. The summed E-state index contributed by atoms with van der Waals surface area (Å²) in [5, 5.41) is 2.80. The summed E-state index contributed by atoms with van der Waals surface area (Å²) in [6.07, 6.45) is 0.156. The van der Waals surface area contributed by atoms with Crippen molar-refractivity contribution in [3.05, 3.63) is 16.1 Å². The molecule has 1 amide bonds. The van der Waals surface area contributed by atoms with Gasteiger partial charge in [-0.25, -0.2) is 4.98 Å². The molecular weight excluding hydrogens is 174 g/mol. The molecule has 1 aromatic rings. The average molecular weight is 185 g/mol. The number of thiazole rings is 1. The summed E-state index contributed by atoms with van der Waals surface area (Å²) in [6, 6.07) is -0.354. The van der Waals surface area contributed by atoms with Gasteiger partial charge in [0.05, 0.1) is 16.7 Å². The van der Waals surface area contributed by atoms with Gasteiger partial charge in [0.2, 0.25) is 5.91 Å². The van der Waals surface area contributed by atoms with E-state index in [1.165, 1.54) is 11.3 Å². The second-order valence-corrected chi connectivity index (χ2v) is 3.63. The Balaban J connectivity index is 2.64. The molecule has 4 N–H and O–H groups in total. The van der Waals surface area contributed by atoms with Crippen LogP contribution in [-0.4, -0.2) is 10.9 Å². The molecule has 5 heteroatoms. The van der Waals surface area contributed by atoms with Crippen LogP contribution in [0.1, 0.15) is 23.2 Å². The lowest BCUT2D eigenvalue weighted by molar-refractivity contribution is -0.118. The van der Waals surface area contributed by atoms with Crippen molar-refractivity contribution in [2.24, 2.45) is 11.5 Å². The third kappa shape index (κ3) is 2.28. The van der Waals surface area contributed by atoms with Gasteiger partial charge in [0.1, 0.15) is 0 Å². The fourth-order valence-corrected chi connectivity index (χ4v) is 1.55. The Morgan fingerprint density at radius 2 is 2.50 bits per heavy atom. The van der Waals surface area contributed by atoms with E-state index in [1.54, 1.807) is 0 Å². The smallest absolute Gasteiger partial charge is 0.219 e. The summed E-state index contributed by atoms with van der Waals surface area (Å²) in [4.78, 5) is 14.7. The summed E-state index contributed by atoms with van der Waals surface area (Å²) in [7, 11) is 0. The average Bonchev–Trinajstić information content (AvgIpc) is 2.34. The Bertz CT molecular complexity index is 284. The minimum Gasteiger partial charge on any atom is -0.370 e. The molecule has 0 spiro atoms. The summed E-state index contributed by atoms with van der Waals surface area (Å²) in [5.74, 6) is -0.395. The third-order valence-electron chi connectivity index (χ3n) is 1.44. The van der Waals surface area contributed by atoms with E-state index in [1.807, 2.05) is 12.3 Å². The van der Waals surface area contributed by atoms with Crippen molar-refractivity contribution in [2.75, 3.05) is 0 Å². The highest BCUT2D eigenvalue weighted by molar-refractivity contribution is 7.09. The Labute approximate surface area is 74.6 Å². The molecule has 0 radical (unpaired) electrons. The third-order valence-corrected chi connectivity index (χ3v) is 2.23. The zero-order chi connectivity index (χ0) is 9.14. The second kappa shape index (κ2) is 3.64. The van der Waals surface area contributed by atoms with E-state index < -0.39 is 5.91 Å². The Morgan fingerprint density at radius 1 is 1.83 bits per heavy atom. The first-order chi connectivity index (χ1) is 5.59. The summed E-state index contributed by atoms with van der Waals surface area (Å²) < 4.78 is 0. The van der Waals surface area contributed by atoms with Crippen LogP contribution in [0.3, 0.4) is 0 Å². The van der Waals surface area contributed by atoms with E-state index >= 15 is 0 Å². The lowest BCUT2D eigenvalue weighted by Gasteiger charge is -2.04. The fourth-order valence-electron chi connectivity index (χ4n) is 0.872. The first-order valence-corrected chi connectivity index (χ1v) is 4.43. The highest BCUT2D eigenvalue weighted by atomic mass is 32.1. The van der Waals surface area contributed by atoms with Crippen LogP contribution in [0.25, 0.3) is 0 Å². The maximum Gasteiger partial charge on any atom is 0.219 e. The molecule has 4 nitrogen and oxygen atoms in total. The molecule has 0 saturated carbocycles. The Kier molecular flexibility index (Phi) is 2.78. The minimum absolute atomic E-state index is 0.156. The van der Waals surface area contributed by atoms with Crippen molar-refractivity contribution in [1.82, 2.24) is 4.98 Å². The van der Waals surface area contributed by atoms with Crippen LogP contribution in [0.2, 0.25) is 0 Å². The van der Waals surface area contributed by atoms with Crippen molar-refractivity contribution >= 4 is 17.2 Å². The van der Waals surface area contributed by atoms with Gasteiger partial charge in [-0.2, -0.15) is 0 Å². The van der Waals surface area contributed by atoms with Crippen LogP contribution >= 0.6 is 11.3 Å². The molecule has 0 saturated heterocycles. The van der Waals surface area contributed by atoms with Crippen LogP contribution in [0.4, 0.5) is 0 Å². The summed E-state index contributed by atoms with van der Waals surface area (Å²) in [5.41, 5.74) is 11.4. The molecule has 1 rings (SSSR count).